The number of hydrogen-bond donors (Lipinski definition) is 4. The van der Waals surface area contributed by atoms with Crippen molar-refractivity contribution in [3.05, 3.63) is 90.0 Å². The van der Waals surface area contributed by atoms with E-state index < -0.39 is 42.8 Å². The van der Waals surface area contributed by atoms with E-state index in [0.29, 0.717) is 23.3 Å². The molecule has 14 heteroatoms. The summed E-state index contributed by atoms with van der Waals surface area (Å²) in [5.41, 5.74) is 2.21. The fraction of sp³-hybridized carbons (Fsp3) is 0.290. The van der Waals surface area contributed by atoms with Crippen LogP contribution in [0.5, 0.6) is 0 Å². The third-order valence-corrected chi connectivity index (χ3v) is 7.41. The molecule has 2 fully saturated rings. The molecule has 2 aliphatic rings. The zero-order valence-corrected chi connectivity index (χ0v) is 24.2. The van der Waals surface area contributed by atoms with Crippen molar-refractivity contribution in [3.63, 3.8) is 0 Å². The Morgan fingerprint density at radius 3 is 2.53 bits per heavy atom. The molecule has 0 aliphatic carbocycles. The van der Waals surface area contributed by atoms with Crippen molar-refractivity contribution in [3.8, 4) is 0 Å². The molecule has 0 saturated carbocycles. The van der Waals surface area contributed by atoms with Gasteiger partial charge in [0.15, 0.2) is 29.5 Å². The van der Waals surface area contributed by atoms with Gasteiger partial charge in [-0.1, -0.05) is 54.6 Å². The number of aromatic nitrogens is 4. The summed E-state index contributed by atoms with van der Waals surface area (Å²) in [6, 6.07) is 15.7. The van der Waals surface area contributed by atoms with Crippen molar-refractivity contribution in [2.45, 2.75) is 44.2 Å². The number of urea groups is 1. The number of aromatic carboxylic acids is 1. The molecule has 4 heterocycles. The summed E-state index contributed by atoms with van der Waals surface area (Å²) < 4.78 is 20.7. The maximum absolute atomic E-state index is 12.9. The van der Waals surface area contributed by atoms with Crippen LogP contribution in [0.25, 0.3) is 17.2 Å². The number of ether oxygens (including phenoxy) is 3. The highest BCUT2D eigenvalue weighted by Gasteiger charge is 2.53. The van der Waals surface area contributed by atoms with Crippen molar-refractivity contribution >= 4 is 41.0 Å². The van der Waals surface area contributed by atoms with Crippen LogP contribution in [0.4, 0.5) is 10.6 Å². The van der Waals surface area contributed by atoms with Gasteiger partial charge >= 0.3 is 12.0 Å². The summed E-state index contributed by atoms with van der Waals surface area (Å²) >= 11 is 0. The molecule has 232 valence electrons. The number of nitrogens with one attached hydrogen (secondary N) is 3. The van der Waals surface area contributed by atoms with Gasteiger partial charge in [-0.15, -0.1) is 0 Å². The number of amides is 3. The highest BCUT2D eigenvalue weighted by Crippen LogP contribution is 2.41. The number of imidazole rings is 1. The molecule has 2 saturated heterocycles. The van der Waals surface area contributed by atoms with Crippen LogP contribution in [0.2, 0.25) is 0 Å². The quantitative estimate of drug-likeness (QED) is 0.208. The summed E-state index contributed by atoms with van der Waals surface area (Å²) in [5, 5.41) is 17.7. The van der Waals surface area contributed by atoms with E-state index in [1.54, 1.807) is 29.7 Å². The van der Waals surface area contributed by atoms with Crippen molar-refractivity contribution in [2.24, 2.45) is 0 Å². The van der Waals surface area contributed by atoms with Gasteiger partial charge in [-0.3, -0.25) is 14.7 Å². The van der Waals surface area contributed by atoms with Crippen LogP contribution in [0.1, 0.15) is 34.6 Å². The molecule has 2 aromatic carbocycles. The fourth-order valence-corrected chi connectivity index (χ4v) is 5.37. The van der Waals surface area contributed by atoms with E-state index in [2.05, 4.69) is 30.9 Å². The SMILES string of the molecule is CCNC(=O)Nc1ncnc2c1ncn2C1OC(CNC(=O)Cc2ccccc2C(=O)O)C2O[C@H](C=Cc3ccccc3)OC21. The number of hydrogen-bond acceptors (Lipinski definition) is 9. The molecule has 4 N–H and O–H groups in total. The van der Waals surface area contributed by atoms with Crippen molar-refractivity contribution < 1.29 is 33.7 Å². The first-order valence-electron chi connectivity index (χ1n) is 14.4. The van der Waals surface area contributed by atoms with Gasteiger partial charge in [0.1, 0.15) is 24.6 Å². The summed E-state index contributed by atoms with van der Waals surface area (Å²) in [4.78, 5) is 49.6. The molecule has 0 radical (unpaired) electrons. The van der Waals surface area contributed by atoms with Gasteiger partial charge < -0.3 is 30.0 Å². The Hall–Kier alpha value is -5.18. The molecular formula is C31H31N7O7. The number of carbonyl (C=O) groups is 3. The number of benzene rings is 2. The largest absolute Gasteiger partial charge is 0.478 e. The molecule has 14 nitrogen and oxygen atoms in total. The Labute approximate surface area is 257 Å². The smallest absolute Gasteiger partial charge is 0.335 e. The summed E-state index contributed by atoms with van der Waals surface area (Å²) in [6.07, 6.45) is 3.23. The van der Waals surface area contributed by atoms with Gasteiger partial charge in [-0.2, -0.15) is 0 Å². The van der Waals surface area contributed by atoms with Crippen LogP contribution < -0.4 is 16.0 Å². The zero-order chi connectivity index (χ0) is 31.3. The van der Waals surface area contributed by atoms with Gasteiger partial charge in [-0.05, 0) is 30.2 Å². The molecular weight excluding hydrogens is 582 g/mol. The average molecular weight is 614 g/mol. The predicted molar refractivity (Wildman–Crippen MR) is 161 cm³/mol. The summed E-state index contributed by atoms with van der Waals surface area (Å²) in [6.45, 7) is 2.32. The van der Waals surface area contributed by atoms with Crippen LogP contribution in [0, 0.1) is 0 Å². The van der Waals surface area contributed by atoms with E-state index in [9.17, 15) is 19.5 Å². The number of carboxylic acid groups (broad SMARTS) is 1. The highest BCUT2D eigenvalue weighted by atomic mass is 16.8. The Balaban J connectivity index is 1.22. The third-order valence-electron chi connectivity index (χ3n) is 7.41. The van der Waals surface area contributed by atoms with Crippen molar-refractivity contribution in [2.75, 3.05) is 18.4 Å². The maximum atomic E-state index is 12.9. The molecule has 2 aliphatic heterocycles. The number of carbonyl (C=O) groups excluding carboxylic acids is 2. The lowest BCUT2D eigenvalue weighted by molar-refractivity contribution is -0.129. The molecule has 6 rings (SSSR count). The van der Waals surface area contributed by atoms with Crippen LogP contribution in [0.3, 0.4) is 0 Å². The monoisotopic (exact) mass is 613 g/mol. The van der Waals surface area contributed by atoms with Crippen LogP contribution in [-0.2, 0) is 25.4 Å². The average Bonchev–Trinajstić information content (AvgIpc) is 3.74. The topological polar surface area (TPSA) is 179 Å². The Morgan fingerprint density at radius 2 is 1.73 bits per heavy atom. The third kappa shape index (κ3) is 6.52. The summed E-state index contributed by atoms with van der Waals surface area (Å²) in [7, 11) is 0. The molecule has 4 unspecified atom stereocenters. The first-order chi connectivity index (χ1) is 21.9. The normalized spacial score (nSPS) is 22.4. The number of anilines is 1. The van der Waals surface area contributed by atoms with Crippen molar-refractivity contribution in [1.29, 1.82) is 0 Å². The predicted octanol–water partition coefficient (Wildman–Crippen LogP) is 2.75. The first-order valence-corrected chi connectivity index (χ1v) is 14.4. The van der Waals surface area contributed by atoms with Crippen LogP contribution in [-0.4, -0.2) is 80.2 Å². The number of nitrogens with zero attached hydrogens (tertiary/aromatic N) is 4. The molecule has 4 aromatic rings. The van der Waals surface area contributed by atoms with Gasteiger partial charge in [0.25, 0.3) is 0 Å². The van der Waals surface area contributed by atoms with Crippen LogP contribution in [0.15, 0.2) is 73.3 Å². The lowest BCUT2D eigenvalue weighted by atomic mass is 10.0. The minimum Gasteiger partial charge on any atom is -0.478 e. The first kappa shape index (κ1) is 29.9. The van der Waals surface area contributed by atoms with Crippen LogP contribution >= 0.6 is 0 Å². The highest BCUT2D eigenvalue weighted by molar-refractivity contribution is 5.95. The van der Waals surface area contributed by atoms with Crippen molar-refractivity contribution in [1.82, 2.24) is 30.2 Å². The number of fused-ring (bicyclic) bond motifs is 2. The molecule has 3 amide bonds. The molecule has 2 aromatic heterocycles. The Morgan fingerprint density at radius 1 is 0.956 bits per heavy atom. The number of carboxylic acids is 1. The second-order valence-electron chi connectivity index (χ2n) is 10.4. The molecule has 0 bridgehead atoms. The summed E-state index contributed by atoms with van der Waals surface area (Å²) in [5.74, 6) is -1.24. The van der Waals surface area contributed by atoms with E-state index in [1.165, 1.54) is 18.7 Å². The van der Waals surface area contributed by atoms with Gasteiger partial charge in [0.05, 0.1) is 18.3 Å². The fourth-order valence-electron chi connectivity index (χ4n) is 5.37. The van der Waals surface area contributed by atoms with E-state index in [4.69, 9.17) is 14.2 Å². The second-order valence-corrected chi connectivity index (χ2v) is 10.4. The van der Waals surface area contributed by atoms with E-state index in [0.717, 1.165) is 5.56 Å². The molecule has 0 spiro atoms. The lowest BCUT2D eigenvalue weighted by Gasteiger charge is -2.20. The Bertz CT molecular complexity index is 1730. The molecule has 45 heavy (non-hydrogen) atoms. The van der Waals surface area contributed by atoms with Gasteiger partial charge in [-0.25, -0.2) is 24.5 Å². The van der Waals surface area contributed by atoms with Gasteiger partial charge in [0, 0.05) is 13.1 Å². The maximum Gasteiger partial charge on any atom is 0.335 e. The standard InChI is InChI=1S/C31H31N7O7/c1-2-32-31(42)37-27-24-28(35-16-34-27)38(17-36-24)29-26-25(44-23(45-26)13-12-18-8-4-3-5-9-18)21(43-29)15-33-22(39)14-19-10-6-7-11-20(19)30(40)41/h3-13,16-17,21,23,25-26,29H,2,14-15H2,1H3,(H,33,39)(H,40,41)(H2,32,34,35,37,42)/t21?,23-,25?,26?,29?/m0/s1. The zero-order valence-electron chi connectivity index (χ0n) is 24.2. The minimum atomic E-state index is -1.10. The van der Waals surface area contributed by atoms with E-state index >= 15 is 0 Å². The molecule has 5 atom stereocenters. The second kappa shape index (κ2) is 13.2. The van der Waals surface area contributed by atoms with E-state index in [-0.39, 0.29) is 30.3 Å². The minimum absolute atomic E-state index is 0.0699. The van der Waals surface area contributed by atoms with Gasteiger partial charge in [0.2, 0.25) is 5.91 Å². The Kier molecular flexibility index (Phi) is 8.77. The van der Waals surface area contributed by atoms with E-state index in [1.807, 2.05) is 42.5 Å². The number of rotatable bonds is 10. The lowest BCUT2D eigenvalue weighted by Crippen LogP contribution is -2.39.